The van der Waals surface area contributed by atoms with Crippen LogP contribution >= 0.6 is 0 Å². The number of halogens is 2. The number of hydrogen-bond donors (Lipinski definition) is 1. The van der Waals surface area contributed by atoms with E-state index in [1.807, 2.05) is 11.7 Å². The fraction of sp³-hybridized carbons (Fsp3) is 0.650. The number of rotatable bonds is 4. The minimum absolute atomic E-state index is 0.0744. The molecule has 1 aliphatic heterocycles. The Kier molecular flexibility index (Phi) is 5.76. The summed E-state index contributed by atoms with van der Waals surface area (Å²) in [6.45, 7) is 1.23. The number of nitrogens with two attached hydrogens (primary N) is 1. The van der Waals surface area contributed by atoms with Crippen LogP contribution in [-0.4, -0.2) is 49.3 Å². The van der Waals surface area contributed by atoms with Gasteiger partial charge in [0.1, 0.15) is 12.1 Å². The third-order valence-corrected chi connectivity index (χ3v) is 5.96. The van der Waals surface area contributed by atoms with Crippen LogP contribution in [0.15, 0.2) is 12.4 Å². The number of fused-ring (bicyclic) bond motifs is 1. The predicted molar refractivity (Wildman–Crippen MR) is 108 cm³/mol. The van der Waals surface area contributed by atoms with E-state index in [2.05, 4.69) is 21.2 Å². The van der Waals surface area contributed by atoms with Gasteiger partial charge < -0.3 is 10.6 Å². The molecule has 31 heavy (non-hydrogen) atoms. The lowest BCUT2D eigenvalue weighted by Gasteiger charge is -2.13. The van der Waals surface area contributed by atoms with Crippen LogP contribution in [0.1, 0.15) is 67.2 Å². The van der Waals surface area contributed by atoms with E-state index in [-0.39, 0.29) is 30.5 Å². The van der Waals surface area contributed by atoms with E-state index in [1.54, 1.807) is 4.90 Å². The number of aryl methyl sites for hydroxylation is 1. The van der Waals surface area contributed by atoms with Crippen LogP contribution in [0, 0.1) is 5.92 Å². The van der Waals surface area contributed by atoms with Crippen LogP contribution in [0.5, 0.6) is 0 Å². The summed E-state index contributed by atoms with van der Waals surface area (Å²) in [4.78, 5) is 27.8. The van der Waals surface area contributed by atoms with E-state index in [4.69, 9.17) is 5.73 Å². The smallest absolute Gasteiger partial charge is 0.288 e. The third-order valence-electron chi connectivity index (χ3n) is 5.96. The average molecular weight is 435 g/mol. The highest BCUT2D eigenvalue weighted by Crippen LogP contribution is 2.41. The summed E-state index contributed by atoms with van der Waals surface area (Å²) in [5, 5.41) is 8.39. The Balaban J connectivity index is 0.000000149. The Morgan fingerprint density at radius 2 is 2.06 bits per heavy atom. The normalized spacial score (nSPS) is 22.5. The molecule has 2 aliphatic carbocycles. The van der Waals surface area contributed by atoms with E-state index in [0.29, 0.717) is 25.3 Å². The highest BCUT2D eigenvalue weighted by Gasteiger charge is 2.39. The highest BCUT2D eigenvalue weighted by atomic mass is 19.3. The van der Waals surface area contributed by atoms with E-state index >= 15 is 0 Å². The Morgan fingerprint density at radius 1 is 1.29 bits per heavy atom. The van der Waals surface area contributed by atoms with Gasteiger partial charge in [-0.3, -0.25) is 14.3 Å². The Bertz CT molecular complexity index is 967. The van der Waals surface area contributed by atoms with Crippen LogP contribution in [0.4, 0.5) is 14.6 Å². The molecule has 3 aliphatic rings. The topological polar surface area (TPSA) is 112 Å². The van der Waals surface area contributed by atoms with Crippen molar-refractivity contribution in [2.75, 3.05) is 11.9 Å². The second kappa shape index (κ2) is 8.35. The standard InChI is InChI=1S/C11H15N3O.C9H12F2N4O/c1-13-10-7-9(8-4-5-8)12-14(10)6-2-3-11(13)15;10-9(11)2-1-6(3-9)4-15-5-13-8(14-15)7(12)16/h7-8H,2-6H2,1H3;5-6H,1-4H2,(H2,12,16). The molecule has 2 amide bonds. The first-order valence-electron chi connectivity index (χ1n) is 10.6. The molecule has 11 heteroatoms. The second-order valence-electron chi connectivity index (χ2n) is 8.60. The molecule has 1 atom stereocenters. The number of hydrogen-bond acceptors (Lipinski definition) is 5. The lowest BCUT2D eigenvalue weighted by atomic mass is 10.1. The van der Waals surface area contributed by atoms with Crippen LogP contribution in [0.2, 0.25) is 0 Å². The highest BCUT2D eigenvalue weighted by molar-refractivity contribution is 5.92. The van der Waals surface area contributed by atoms with Crippen molar-refractivity contribution >= 4 is 17.6 Å². The molecule has 2 aromatic rings. The Labute approximate surface area is 178 Å². The van der Waals surface area contributed by atoms with Crippen molar-refractivity contribution in [2.24, 2.45) is 11.7 Å². The molecule has 0 radical (unpaired) electrons. The zero-order valence-corrected chi connectivity index (χ0v) is 17.5. The van der Waals surface area contributed by atoms with E-state index < -0.39 is 11.8 Å². The second-order valence-corrected chi connectivity index (χ2v) is 8.60. The quantitative estimate of drug-likeness (QED) is 0.792. The molecule has 1 unspecified atom stereocenters. The number of nitrogens with zero attached hydrogens (tertiary/aromatic N) is 6. The molecule has 0 aromatic carbocycles. The first kappa shape index (κ1) is 21.4. The Hall–Kier alpha value is -2.85. The monoisotopic (exact) mass is 435 g/mol. The van der Waals surface area contributed by atoms with E-state index in [1.165, 1.54) is 29.5 Å². The lowest BCUT2D eigenvalue weighted by molar-refractivity contribution is -0.118. The Morgan fingerprint density at radius 3 is 2.68 bits per heavy atom. The largest absolute Gasteiger partial charge is 0.363 e. The summed E-state index contributed by atoms with van der Waals surface area (Å²) in [5.41, 5.74) is 6.15. The number of amides is 2. The molecular weight excluding hydrogens is 408 g/mol. The molecule has 9 nitrogen and oxygen atoms in total. The molecule has 168 valence electrons. The maximum absolute atomic E-state index is 12.9. The van der Waals surface area contributed by atoms with Crippen LogP contribution in [0.25, 0.3) is 0 Å². The summed E-state index contributed by atoms with van der Waals surface area (Å²) in [5.74, 6) is -1.63. The minimum Gasteiger partial charge on any atom is -0.363 e. The summed E-state index contributed by atoms with van der Waals surface area (Å²) in [7, 11) is 1.85. The number of aromatic nitrogens is 5. The molecule has 2 N–H and O–H groups in total. The molecule has 2 fully saturated rings. The van der Waals surface area contributed by atoms with Crippen molar-refractivity contribution in [2.45, 2.75) is 69.9 Å². The molecule has 5 rings (SSSR count). The molecular formula is C20H27F2N7O2. The summed E-state index contributed by atoms with van der Waals surface area (Å²) < 4.78 is 29.2. The van der Waals surface area contributed by atoms with Crippen molar-refractivity contribution in [3.63, 3.8) is 0 Å². The average Bonchev–Trinajstić information content (AvgIpc) is 3.19. The molecule has 2 saturated carbocycles. The zero-order chi connectivity index (χ0) is 22.2. The van der Waals surface area contributed by atoms with Gasteiger partial charge in [0.05, 0.1) is 5.69 Å². The van der Waals surface area contributed by atoms with Gasteiger partial charge in [-0.25, -0.2) is 18.4 Å². The molecule has 0 bridgehead atoms. The molecule has 2 aromatic heterocycles. The van der Waals surface area contributed by atoms with Crippen molar-refractivity contribution < 1.29 is 18.4 Å². The molecule has 0 saturated heterocycles. The number of carbonyl (C=O) groups is 2. The summed E-state index contributed by atoms with van der Waals surface area (Å²) in [6, 6.07) is 2.08. The van der Waals surface area contributed by atoms with Gasteiger partial charge in [-0.15, -0.1) is 5.10 Å². The summed E-state index contributed by atoms with van der Waals surface area (Å²) in [6.07, 6.45) is 5.67. The predicted octanol–water partition coefficient (Wildman–Crippen LogP) is 2.33. The van der Waals surface area contributed by atoms with Crippen molar-refractivity contribution in [3.8, 4) is 0 Å². The third kappa shape index (κ3) is 5.08. The molecule has 3 heterocycles. The van der Waals surface area contributed by atoms with Crippen molar-refractivity contribution in [3.05, 3.63) is 23.9 Å². The maximum Gasteiger partial charge on any atom is 0.288 e. The van der Waals surface area contributed by atoms with Gasteiger partial charge in [0.25, 0.3) is 5.91 Å². The fourth-order valence-electron chi connectivity index (χ4n) is 4.07. The van der Waals surface area contributed by atoms with E-state index in [9.17, 15) is 18.4 Å². The van der Waals surface area contributed by atoms with E-state index in [0.717, 1.165) is 18.8 Å². The minimum atomic E-state index is -2.56. The van der Waals surface area contributed by atoms with Crippen molar-refractivity contribution in [1.82, 2.24) is 24.5 Å². The van der Waals surface area contributed by atoms with Gasteiger partial charge in [0.15, 0.2) is 0 Å². The van der Waals surface area contributed by atoms with Gasteiger partial charge in [-0.2, -0.15) is 5.10 Å². The first-order chi connectivity index (χ1) is 14.7. The number of anilines is 1. The first-order valence-corrected chi connectivity index (χ1v) is 10.6. The van der Waals surface area contributed by atoms with Crippen LogP contribution < -0.4 is 10.6 Å². The number of alkyl halides is 2. The van der Waals surface area contributed by atoms with Crippen LogP contribution in [0.3, 0.4) is 0 Å². The number of carbonyl (C=O) groups excluding carboxylic acids is 2. The number of primary amides is 1. The van der Waals surface area contributed by atoms with Gasteiger partial charge in [-0.1, -0.05) is 0 Å². The maximum atomic E-state index is 12.9. The molecule has 0 spiro atoms. The fourth-order valence-corrected chi connectivity index (χ4v) is 4.07. The van der Waals surface area contributed by atoms with Crippen LogP contribution in [-0.2, 0) is 17.9 Å². The zero-order valence-electron chi connectivity index (χ0n) is 17.5. The van der Waals surface area contributed by atoms with Gasteiger partial charge in [0.2, 0.25) is 17.7 Å². The van der Waals surface area contributed by atoms with Gasteiger partial charge in [0, 0.05) is 51.4 Å². The summed E-state index contributed by atoms with van der Waals surface area (Å²) >= 11 is 0. The van der Waals surface area contributed by atoms with Crippen molar-refractivity contribution in [1.29, 1.82) is 0 Å². The van der Waals surface area contributed by atoms with Gasteiger partial charge >= 0.3 is 0 Å². The lowest BCUT2D eigenvalue weighted by Crippen LogP contribution is -2.25. The van der Waals surface area contributed by atoms with Gasteiger partial charge in [-0.05, 0) is 31.6 Å². The SMILES string of the molecule is CN1C(=O)CCCn2nc(C3CC3)cc21.NC(=O)c1ncn(CC2CCC(F)(F)C2)n1.